The van der Waals surface area contributed by atoms with Gasteiger partial charge in [0.15, 0.2) is 0 Å². The molecule has 5 nitrogen and oxygen atoms in total. The van der Waals surface area contributed by atoms with Gasteiger partial charge in [0.25, 0.3) is 0 Å². The average Bonchev–Trinajstić information content (AvgIpc) is 2.28. The molecule has 0 saturated carbocycles. The maximum absolute atomic E-state index is 13.0. The van der Waals surface area contributed by atoms with Crippen LogP contribution in [0.4, 0.5) is 10.2 Å². The molecule has 0 bridgehead atoms. The molecule has 0 amide bonds. The van der Waals surface area contributed by atoms with E-state index in [0.717, 1.165) is 12.3 Å². The van der Waals surface area contributed by atoms with E-state index in [1.165, 1.54) is 0 Å². The van der Waals surface area contributed by atoms with E-state index in [0.29, 0.717) is 6.61 Å². The molecule has 0 aliphatic carbocycles. The Bertz CT molecular complexity index is 412. The van der Waals surface area contributed by atoms with Gasteiger partial charge in [-0.05, 0) is 13.0 Å². The lowest BCUT2D eigenvalue weighted by molar-refractivity contribution is 0.0696. The normalized spacial score (nSPS) is 12.2. The molecule has 17 heavy (non-hydrogen) atoms. The molecular weight excluding hydrogens is 227 g/mol. The van der Waals surface area contributed by atoms with E-state index in [4.69, 9.17) is 9.84 Å². The third-order valence-corrected chi connectivity index (χ3v) is 2.47. The number of rotatable bonds is 5. The Kier molecular flexibility index (Phi) is 4.39. The Hall–Kier alpha value is -1.69. The molecule has 0 aliphatic rings. The van der Waals surface area contributed by atoms with Crippen molar-refractivity contribution < 1.29 is 19.0 Å². The quantitative estimate of drug-likeness (QED) is 0.845. The van der Waals surface area contributed by atoms with Crippen LogP contribution < -0.4 is 4.90 Å². The number of methoxy groups -OCH3 is 1. The molecule has 0 radical (unpaired) electrons. The largest absolute Gasteiger partial charge is 0.478 e. The van der Waals surface area contributed by atoms with Crippen LogP contribution in [0.3, 0.4) is 0 Å². The van der Waals surface area contributed by atoms with E-state index in [2.05, 4.69) is 4.98 Å². The molecule has 1 aromatic rings. The molecule has 1 aromatic heterocycles. The van der Waals surface area contributed by atoms with Crippen LogP contribution in [0, 0.1) is 5.82 Å². The molecule has 0 spiro atoms. The number of carboxylic acids is 1. The summed E-state index contributed by atoms with van der Waals surface area (Å²) in [5, 5.41) is 8.99. The number of carboxylic acid groups (broad SMARTS) is 1. The first kappa shape index (κ1) is 13.4. The van der Waals surface area contributed by atoms with Gasteiger partial charge < -0.3 is 14.7 Å². The van der Waals surface area contributed by atoms with Gasteiger partial charge in [-0.15, -0.1) is 0 Å². The van der Waals surface area contributed by atoms with Gasteiger partial charge in [0, 0.05) is 14.2 Å². The molecule has 0 aromatic carbocycles. The van der Waals surface area contributed by atoms with Gasteiger partial charge in [0.2, 0.25) is 0 Å². The number of anilines is 1. The summed E-state index contributed by atoms with van der Waals surface area (Å²) in [7, 11) is 3.25. The summed E-state index contributed by atoms with van der Waals surface area (Å²) in [6.45, 7) is 2.29. The molecule has 1 N–H and O–H groups in total. The third-order valence-electron chi connectivity index (χ3n) is 2.47. The van der Waals surface area contributed by atoms with Crippen molar-refractivity contribution in [3.8, 4) is 0 Å². The number of aromatic nitrogens is 1. The van der Waals surface area contributed by atoms with E-state index in [-0.39, 0.29) is 17.4 Å². The van der Waals surface area contributed by atoms with Crippen molar-refractivity contribution in [1.82, 2.24) is 4.98 Å². The van der Waals surface area contributed by atoms with Crippen LogP contribution in [-0.2, 0) is 4.74 Å². The minimum absolute atomic E-state index is 0.0592. The zero-order valence-corrected chi connectivity index (χ0v) is 9.98. The van der Waals surface area contributed by atoms with Crippen molar-refractivity contribution >= 4 is 11.8 Å². The second kappa shape index (κ2) is 5.58. The highest BCUT2D eigenvalue weighted by molar-refractivity contribution is 5.93. The number of halogens is 1. The minimum Gasteiger partial charge on any atom is -0.478 e. The first-order valence-electron chi connectivity index (χ1n) is 5.08. The van der Waals surface area contributed by atoms with Crippen LogP contribution in [0.2, 0.25) is 0 Å². The van der Waals surface area contributed by atoms with E-state index < -0.39 is 11.8 Å². The predicted molar refractivity (Wildman–Crippen MR) is 60.9 cm³/mol. The maximum atomic E-state index is 13.0. The van der Waals surface area contributed by atoms with E-state index in [1.54, 1.807) is 19.1 Å². The highest BCUT2D eigenvalue weighted by Crippen LogP contribution is 2.19. The summed E-state index contributed by atoms with van der Waals surface area (Å²) in [5.74, 6) is -1.65. The molecular formula is C11H15FN2O3. The third kappa shape index (κ3) is 3.13. The van der Waals surface area contributed by atoms with Gasteiger partial charge in [-0.25, -0.2) is 14.2 Å². The molecule has 1 rings (SSSR count). The van der Waals surface area contributed by atoms with Crippen LogP contribution >= 0.6 is 0 Å². The standard InChI is InChI=1S/C11H15FN2O3/c1-7(6-17-3)14(2)10-9(11(15)16)4-8(12)5-13-10/h4-5,7H,6H2,1-3H3,(H,15,16). The smallest absolute Gasteiger partial charge is 0.339 e. The highest BCUT2D eigenvalue weighted by atomic mass is 19.1. The highest BCUT2D eigenvalue weighted by Gasteiger charge is 2.19. The van der Waals surface area contributed by atoms with Crippen molar-refractivity contribution in [3.05, 3.63) is 23.6 Å². The van der Waals surface area contributed by atoms with Gasteiger partial charge in [-0.2, -0.15) is 0 Å². The molecule has 0 fully saturated rings. The summed E-state index contributed by atoms with van der Waals surface area (Å²) in [4.78, 5) is 16.5. The number of hydrogen-bond donors (Lipinski definition) is 1. The van der Waals surface area contributed by atoms with Gasteiger partial charge in [0.1, 0.15) is 17.2 Å². The summed E-state index contributed by atoms with van der Waals surface area (Å²) in [6, 6.07) is 0.900. The monoisotopic (exact) mass is 242 g/mol. The number of hydrogen-bond acceptors (Lipinski definition) is 4. The summed E-state index contributed by atoms with van der Waals surface area (Å²) in [5.41, 5.74) is -0.157. The van der Waals surface area contributed by atoms with Crippen molar-refractivity contribution in [1.29, 1.82) is 0 Å². The second-order valence-corrected chi connectivity index (χ2v) is 3.75. The zero-order chi connectivity index (χ0) is 13.0. The zero-order valence-electron chi connectivity index (χ0n) is 9.98. The van der Waals surface area contributed by atoms with Crippen molar-refractivity contribution in [2.75, 3.05) is 25.7 Å². The van der Waals surface area contributed by atoms with Crippen molar-refractivity contribution in [2.24, 2.45) is 0 Å². The van der Waals surface area contributed by atoms with E-state index in [9.17, 15) is 9.18 Å². The average molecular weight is 242 g/mol. The fraction of sp³-hybridized carbons (Fsp3) is 0.455. The molecule has 0 aliphatic heterocycles. The molecule has 1 atom stereocenters. The SMILES string of the molecule is COCC(C)N(C)c1ncc(F)cc1C(=O)O. The lowest BCUT2D eigenvalue weighted by atomic mass is 10.2. The molecule has 1 unspecified atom stereocenters. The van der Waals surface area contributed by atoms with E-state index in [1.807, 2.05) is 6.92 Å². The molecule has 94 valence electrons. The second-order valence-electron chi connectivity index (χ2n) is 3.75. The Morgan fingerprint density at radius 1 is 1.71 bits per heavy atom. The first-order valence-corrected chi connectivity index (χ1v) is 5.08. The van der Waals surface area contributed by atoms with E-state index >= 15 is 0 Å². The lowest BCUT2D eigenvalue weighted by Crippen LogP contribution is -2.34. The van der Waals surface area contributed by atoms with Crippen LogP contribution in [0.1, 0.15) is 17.3 Å². The number of ether oxygens (including phenoxy) is 1. The Labute approximate surface area is 98.8 Å². The number of aromatic carboxylic acids is 1. The Morgan fingerprint density at radius 3 is 2.88 bits per heavy atom. The van der Waals surface area contributed by atoms with Crippen LogP contribution in [0.25, 0.3) is 0 Å². The topological polar surface area (TPSA) is 62.7 Å². The van der Waals surface area contributed by atoms with Crippen LogP contribution in [0.5, 0.6) is 0 Å². The fourth-order valence-corrected chi connectivity index (χ4v) is 1.43. The number of nitrogens with zero attached hydrogens (tertiary/aromatic N) is 2. The summed E-state index contributed by atoms with van der Waals surface area (Å²) >= 11 is 0. The molecule has 6 heteroatoms. The van der Waals surface area contributed by atoms with Gasteiger partial charge in [-0.3, -0.25) is 0 Å². The predicted octanol–water partition coefficient (Wildman–Crippen LogP) is 1.39. The Morgan fingerprint density at radius 2 is 2.35 bits per heavy atom. The van der Waals surface area contributed by atoms with Crippen LogP contribution in [0.15, 0.2) is 12.3 Å². The van der Waals surface area contributed by atoms with Gasteiger partial charge >= 0.3 is 5.97 Å². The number of pyridine rings is 1. The maximum Gasteiger partial charge on any atom is 0.339 e. The van der Waals surface area contributed by atoms with Crippen molar-refractivity contribution in [2.45, 2.75) is 13.0 Å². The fourth-order valence-electron chi connectivity index (χ4n) is 1.43. The molecule has 1 heterocycles. The molecule has 0 saturated heterocycles. The summed E-state index contributed by atoms with van der Waals surface area (Å²) < 4.78 is 17.9. The van der Waals surface area contributed by atoms with Crippen LogP contribution in [-0.4, -0.2) is 42.9 Å². The van der Waals surface area contributed by atoms with Crippen molar-refractivity contribution in [3.63, 3.8) is 0 Å². The Balaban J connectivity index is 3.08. The minimum atomic E-state index is -1.21. The first-order chi connectivity index (χ1) is 7.97. The van der Waals surface area contributed by atoms with Gasteiger partial charge in [0.05, 0.1) is 18.8 Å². The lowest BCUT2D eigenvalue weighted by Gasteiger charge is -2.26. The van der Waals surface area contributed by atoms with Gasteiger partial charge in [-0.1, -0.05) is 0 Å². The number of likely N-dealkylation sites (N-methyl/N-ethyl adjacent to an activating group) is 1. The summed E-state index contributed by atoms with van der Waals surface area (Å²) in [6.07, 6.45) is 0.998. The number of carbonyl (C=O) groups is 1.